The monoisotopic (exact) mass is 236 g/mol. The van der Waals surface area contributed by atoms with Crippen molar-refractivity contribution in [3.63, 3.8) is 0 Å². The van der Waals surface area contributed by atoms with Gasteiger partial charge in [-0.1, -0.05) is 34.9 Å². The summed E-state index contributed by atoms with van der Waals surface area (Å²) in [7, 11) is 1.73. The average Bonchev–Trinajstić information content (AvgIpc) is 2.25. The van der Waals surface area contributed by atoms with Crippen molar-refractivity contribution in [2.75, 3.05) is 13.7 Å². The fraction of sp³-hybridized carbons (Fsp3) is 0.625. The molecule has 0 amide bonds. The van der Waals surface area contributed by atoms with Gasteiger partial charge in [0.25, 0.3) is 0 Å². The third kappa shape index (κ3) is 11.4. The molecule has 0 bridgehead atoms. The first-order valence-corrected chi connectivity index (χ1v) is 6.49. The zero-order valence-electron chi connectivity index (χ0n) is 12.2. The largest absolute Gasteiger partial charge is 0.381 e. The fourth-order valence-electron chi connectivity index (χ4n) is 1.56. The first-order chi connectivity index (χ1) is 8.06. The zero-order chi connectivity index (χ0) is 13.1. The summed E-state index contributed by atoms with van der Waals surface area (Å²) in [5.74, 6) is 0. The van der Waals surface area contributed by atoms with Crippen LogP contribution in [0.3, 0.4) is 0 Å². The number of ether oxygens (including phenoxy) is 1. The average molecular weight is 236 g/mol. The van der Waals surface area contributed by atoms with Crippen LogP contribution in [0.2, 0.25) is 0 Å². The number of hydrogen-bond acceptors (Lipinski definition) is 1. The lowest BCUT2D eigenvalue weighted by molar-refractivity contribution is 0.233. The van der Waals surface area contributed by atoms with Crippen LogP contribution in [0.5, 0.6) is 0 Å². The molecule has 0 atom stereocenters. The fourth-order valence-corrected chi connectivity index (χ4v) is 1.56. The van der Waals surface area contributed by atoms with E-state index in [2.05, 4.69) is 45.9 Å². The Morgan fingerprint density at radius 2 is 1.35 bits per heavy atom. The Hall–Kier alpha value is -0.820. The smallest absolute Gasteiger partial charge is 0.0646 e. The molecule has 0 spiro atoms. The molecule has 0 unspecified atom stereocenters. The summed E-state index contributed by atoms with van der Waals surface area (Å²) >= 11 is 0. The van der Waals surface area contributed by atoms with Crippen LogP contribution >= 0.6 is 0 Å². The van der Waals surface area contributed by atoms with Gasteiger partial charge in [-0.15, -0.1) is 0 Å². The van der Waals surface area contributed by atoms with E-state index in [1.807, 2.05) is 0 Å². The lowest BCUT2D eigenvalue weighted by atomic mass is 10.1. The standard InChI is InChI=1S/C16H28O/c1-14(2)8-6-9-15(3)10-7-11-16(4)12-13-17-5/h8,10,12H,6-7,9,11,13H2,1-5H3/b15-10+,16-12-. The first-order valence-electron chi connectivity index (χ1n) is 6.49. The highest BCUT2D eigenvalue weighted by Crippen LogP contribution is 2.11. The van der Waals surface area contributed by atoms with Crippen molar-refractivity contribution in [1.29, 1.82) is 0 Å². The van der Waals surface area contributed by atoms with Gasteiger partial charge in [0, 0.05) is 7.11 Å². The number of hydrogen-bond donors (Lipinski definition) is 0. The van der Waals surface area contributed by atoms with Crippen LogP contribution < -0.4 is 0 Å². The molecule has 0 radical (unpaired) electrons. The Kier molecular flexibility index (Phi) is 9.84. The molecule has 0 aliphatic carbocycles. The third-order valence-electron chi connectivity index (χ3n) is 2.72. The van der Waals surface area contributed by atoms with E-state index in [4.69, 9.17) is 4.74 Å². The van der Waals surface area contributed by atoms with Crippen LogP contribution in [0.25, 0.3) is 0 Å². The third-order valence-corrected chi connectivity index (χ3v) is 2.72. The van der Waals surface area contributed by atoms with E-state index < -0.39 is 0 Å². The van der Waals surface area contributed by atoms with E-state index in [9.17, 15) is 0 Å². The van der Waals surface area contributed by atoms with Crippen molar-refractivity contribution >= 4 is 0 Å². The minimum atomic E-state index is 0.731. The maximum absolute atomic E-state index is 5.02. The van der Waals surface area contributed by atoms with E-state index >= 15 is 0 Å². The van der Waals surface area contributed by atoms with E-state index in [-0.39, 0.29) is 0 Å². The minimum Gasteiger partial charge on any atom is -0.381 e. The van der Waals surface area contributed by atoms with E-state index in [1.54, 1.807) is 7.11 Å². The van der Waals surface area contributed by atoms with Crippen LogP contribution in [0.15, 0.2) is 34.9 Å². The Morgan fingerprint density at radius 3 is 1.88 bits per heavy atom. The summed E-state index contributed by atoms with van der Waals surface area (Å²) in [6, 6.07) is 0. The van der Waals surface area contributed by atoms with Gasteiger partial charge in [-0.05, 0) is 53.4 Å². The van der Waals surface area contributed by atoms with Gasteiger partial charge < -0.3 is 4.74 Å². The van der Waals surface area contributed by atoms with Gasteiger partial charge in [0.05, 0.1) is 6.61 Å². The summed E-state index contributed by atoms with van der Waals surface area (Å²) < 4.78 is 5.02. The molecule has 0 fully saturated rings. The molecular weight excluding hydrogens is 208 g/mol. The molecule has 0 heterocycles. The molecule has 0 aliphatic rings. The van der Waals surface area contributed by atoms with Gasteiger partial charge in [0.1, 0.15) is 0 Å². The van der Waals surface area contributed by atoms with Crippen molar-refractivity contribution in [3.8, 4) is 0 Å². The number of rotatable bonds is 8. The van der Waals surface area contributed by atoms with Crippen molar-refractivity contribution in [3.05, 3.63) is 34.9 Å². The van der Waals surface area contributed by atoms with Gasteiger partial charge in [-0.3, -0.25) is 0 Å². The Balaban J connectivity index is 3.80. The second-order valence-corrected chi connectivity index (χ2v) is 4.92. The Morgan fingerprint density at radius 1 is 0.824 bits per heavy atom. The molecule has 0 rings (SSSR count). The van der Waals surface area contributed by atoms with Crippen LogP contribution in [-0.4, -0.2) is 13.7 Å². The molecule has 0 N–H and O–H groups in total. The molecule has 1 nitrogen and oxygen atoms in total. The molecule has 0 aromatic carbocycles. The quantitative estimate of drug-likeness (QED) is 0.536. The number of allylic oxidation sites excluding steroid dienone is 5. The second-order valence-electron chi connectivity index (χ2n) is 4.92. The van der Waals surface area contributed by atoms with Crippen LogP contribution in [0.4, 0.5) is 0 Å². The molecular formula is C16H28O. The maximum atomic E-state index is 5.02. The van der Waals surface area contributed by atoms with Crippen molar-refractivity contribution < 1.29 is 4.74 Å². The van der Waals surface area contributed by atoms with Gasteiger partial charge in [0.2, 0.25) is 0 Å². The topological polar surface area (TPSA) is 9.23 Å². The summed E-state index contributed by atoms with van der Waals surface area (Å²) in [5, 5.41) is 0. The van der Waals surface area contributed by atoms with Crippen molar-refractivity contribution in [1.82, 2.24) is 0 Å². The maximum Gasteiger partial charge on any atom is 0.0646 e. The van der Waals surface area contributed by atoms with Gasteiger partial charge in [0.15, 0.2) is 0 Å². The summed E-state index contributed by atoms with van der Waals surface area (Å²) in [6.45, 7) is 9.44. The normalized spacial score (nSPS) is 12.8. The van der Waals surface area contributed by atoms with E-state index in [1.165, 1.54) is 29.6 Å². The van der Waals surface area contributed by atoms with Gasteiger partial charge >= 0.3 is 0 Å². The predicted molar refractivity (Wildman–Crippen MR) is 77.3 cm³/mol. The molecule has 0 aromatic heterocycles. The molecule has 0 aromatic rings. The van der Waals surface area contributed by atoms with E-state index in [0.717, 1.165) is 19.4 Å². The minimum absolute atomic E-state index is 0.731. The van der Waals surface area contributed by atoms with Crippen molar-refractivity contribution in [2.24, 2.45) is 0 Å². The first kappa shape index (κ1) is 16.2. The summed E-state index contributed by atoms with van der Waals surface area (Å²) in [6.07, 6.45) is 11.5. The lowest BCUT2D eigenvalue weighted by Crippen LogP contribution is -1.85. The van der Waals surface area contributed by atoms with Crippen LogP contribution in [0, 0.1) is 0 Å². The highest BCUT2D eigenvalue weighted by molar-refractivity contribution is 5.05. The van der Waals surface area contributed by atoms with E-state index in [0.29, 0.717) is 0 Å². The highest BCUT2D eigenvalue weighted by atomic mass is 16.5. The van der Waals surface area contributed by atoms with Gasteiger partial charge in [-0.2, -0.15) is 0 Å². The molecule has 0 aliphatic heterocycles. The van der Waals surface area contributed by atoms with Crippen LogP contribution in [-0.2, 0) is 4.74 Å². The molecule has 17 heavy (non-hydrogen) atoms. The Labute approximate surface area is 107 Å². The Bertz CT molecular complexity index is 278. The molecule has 0 saturated heterocycles. The number of methoxy groups -OCH3 is 1. The SMILES string of the molecule is COC/C=C(/C)CC/C=C(\C)CCC=C(C)C. The second kappa shape index (κ2) is 10.3. The molecule has 98 valence electrons. The summed E-state index contributed by atoms with van der Waals surface area (Å²) in [5.41, 5.74) is 4.33. The molecule has 0 saturated carbocycles. The summed E-state index contributed by atoms with van der Waals surface area (Å²) in [4.78, 5) is 0. The van der Waals surface area contributed by atoms with Crippen LogP contribution in [0.1, 0.15) is 53.4 Å². The molecule has 1 heteroatoms. The zero-order valence-corrected chi connectivity index (χ0v) is 12.2. The predicted octanol–water partition coefficient (Wildman–Crippen LogP) is 5.05. The highest BCUT2D eigenvalue weighted by Gasteiger charge is 1.91. The lowest BCUT2D eigenvalue weighted by Gasteiger charge is -2.01. The van der Waals surface area contributed by atoms with Gasteiger partial charge in [-0.25, -0.2) is 0 Å². The van der Waals surface area contributed by atoms with Crippen molar-refractivity contribution in [2.45, 2.75) is 53.4 Å².